The van der Waals surface area contributed by atoms with Gasteiger partial charge in [-0.15, -0.1) is 0 Å². The molecule has 2 aliphatic rings. The highest BCUT2D eigenvalue weighted by Crippen LogP contribution is 2.37. The van der Waals surface area contributed by atoms with Crippen LogP contribution in [0.25, 0.3) is 0 Å². The fraction of sp³-hybridized carbons (Fsp3) is 0.350. The maximum Gasteiger partial charge on any atom is 0.265 e. The smallest absolute Gasteiger partial charge is 0.265 e. The molecule has 0 atom stereocenters. The number of fused-ring (bicyclic) bond motifs is 2. The van der Waals surface area contributed by atoms with Crippen LogP contribution in [0.15, 0.2) is 36.4 Å². The Morgan fingerprint density at radius 3 is 2.69 bits per heavy atom. The van der Waals surface area contributed by atoms with Gasteiger partial charge in [-0.05, 0) is 53.8 Å². The van der Waals surface area contributed by atoms with Gasteiger partial charge in [0.15, 0.2) is 6.61 Å². The van der Waals surface area contributed by atoms with Gasteiger partial charge in [-0.1, -0.05) is 12.1 Å². The number of nitrogens with zero attached hydrogens (tertiary/aromatic N) is 2. The van der Waals surface area contributed by atoms with E-state index < -0.39 is 0 Å². The number of hydrogen-bond acceptors (Lipinski definition) is 5. The Labute approximate surface area is 153 Å². The lowest BCUT2D eigenvalue weighted by Gasteiger charge is -2.30. The van der Waals surface area contributed by atoms with Gasteiger partial charge in [0.2, 0.25) is 0 Å². The van der Waals surface area contributed by atoms with Crippen molar-refractivity contribution in [1.29, 1.82) is 0 Å². The molecule has 2 N–H and O–H groups in total. The highest BCUT2D eigenvalue weighted by molar-refractivity contribution is 5.98. The maximum atomic E-state index is 12.5. The van der Waals surface area contributed by atoms with Gasteiger partial charge in [-0.25, -0.2) is 5.01 Å². The molecule has 26 heavy (non-hydrogen) atoms. The molecule has 2 heterocycles. The molecule has 0 radical (unpaired) electrons. The Kier molecular flexibility index (Phi) is 4.53. The first-order valence-electron chi connectivity index (χ1n) is 8.85. The summed E-state index contributed by atoms with van der Waals surface area (Å²) in [6.45, 7) is 2.21. The number of nitrogens with two attached hydrogens (primary N) is 1. The normalized spacial score (nSPS) is 17.2. The molecule has 0 unspecified atom stereocenters. The summed E-state index contributed by atoms with van der Waals surface area (Å²) >= 11 is 0. The average Bonchev–Trinajstić information content (AvgIpc) is 2.84. The molecule has 1 amide bonds. The van der Waals surface area contributed by atoms with E-state index in [0.29, 0.717) is 6.54 Å². The van der Waals surface area contributed by atoms with E-state index in [0.717, 1.165) is 48.7 Å². The minimum absolute atomic E-state index is 0.0330. The molecule has 0 aliphatic carbocycles. The third-order valence-corrected chi connectivity index (χ3v) is 5.04. The van der Waals surface area contributed by atoms with Gasteiger partial charge in [-0.2, -0.15) is 0 Å². The van der Waals surface area contributed by atoms with Gasteiger partial charge in [0.25, 0.3) is 5.91 Å². The molecule has 0 spiro atoms. The van der Waals surface area contributed by atoms with Gasteiger partial charge in [0.05, 0.1) is 19.3 Å². The van der Waals surface area contributed by atoms with E-state index in [2.05, 4.69) is 12.1 Å². The zero-order valence-corrected chi connectivity index (χ0v) is 14.9. The third-order valence-electron chi connectivity index (χ3n) is 5.04. The zero-order valence-electron chi connectivity index (χ0n) is 14.9. The fourth-order valence-electron chi connectivity index (χ4n) is 3.56. The molecule has 0 aromatic heterocycles. The zero-order chi connectivity index (χ0) is 18.1. The van der Waals surface area contributed by atoms with Gasteiger partial charge >= 0.3 is 0 Å². The van der Waals surface area contributed by atoms with Crippen LogP contribution in [-0.4, -0.2) is 37.7 Å². The number of rotatable bonds is 3. The summed E-state index contributed by atoms with van der Waals surface area (Å²) in [6.07, 6.45) is 1.77. The topological polar surface area (TPSA) is 68.0 Å². The third kappa shape index (κ3) is 3.25. The average molecular weight is 353 g/mol. The molecule has 136 valence electrons. The highest BCUT2D eigenvalue weighted by atomic mass is 16.5. The van der Waals surface area contributed by atoms with Gasteiger partial charge in [0.1, 0.15) is 11.5 Å². The molecule has 2 aliphatic heterocycles. The second kappa shape index (κ2) is 6.97. The van der Waals surface area contributed by atoms with Crippen LogP contribution in [0.3, 0.4) is 0 Å². The second-order valence-electron chi connectivity index (χ2n) is 6.74. The number of hydrazine groups is 1. The standard InChI is InChI=1S/C20H23N3O3/c1-25-17-4-2-3-14(9-17)12-23-18-10-15-5-7-22(21)8-6-16(15)11-19(18)26-13-20(23)24/h2-4,9-11H,5-8,12-13,21H2,1H3. The Morgan fingerprint density at radius 2 is 1.92 bits per heavy atom. The largest absolute Gasteiger partial charge is 0.497 e. The van der Waals surface area contributed by atoms with E-state index >= 15 is 0 Å². The van der Waals surface area contributed by atoms with Crippen molar-refractivity contribution in [3.63, 3.8) is 0 Å². The van der Waals surface area contributed by atoms with Gasteiger partial charge in [-0.3, -0.25) is 10.6 Å². The molecular weight excluding hydrogens is 330 g/mol. The SMILES string of the molecule is COc1cccc(CN2C(=O)COc3cc4c(cc32)CCN(N)CC4)c1. The summed E-state index contributed by atoms with van der Waals surface area (Å²) in [5, 5.41) is 1.85. The molecule has 4 rings (SSSR count). The molecule has 0 saturated heterocycles. The van der Waals surface area contributed by atoms with Crippen molar-refractivity contribution in [1.82, 2.24) is 5.01 Å². The first kappa shape index (κ1) is 16.9. The second-order valence-corrected chi connectivity index (χ2v) is 6.74. The van der Waals surface area contributed by atoms with Crippen LogP contribution in [0.1, 0.15) is 16.7 Å². The summed E-state index contributed by atoms with van der Waals surface area (Å²) < 4.78 is 11.0. The van der Waals surface area contributed by atoms with Crippen molar-refractivity contribution in [2.45, 2.75) is 19.4 Å². The first-order chi connectivity index (χ1) is 12.6. The Balaban J connectivity index is 1.68. The Bertz CT molecular complexity index is 837. The molecule has 0 bridgehead atoms. The van der Waals surface area contributed by atoms with E-state index in [-0.39, 0.29) is 12.5 Å². The van der Waals surface area contributed by atoms with Gasteiger partial charge < -0.3 is 14.4 Å². The molecule has 6 nitrogen and oxygen atoms in total. The summed E-state index contributed by atoms with van der Waals surface area (Å²) in [5.74, 6) is 7.50. The first-order valence-corrected chi connectivity index (χ1v) is 8.85. The van der Waals surface area contributed by atoms with E-state index in [1.807, 2.05) is 29.3 Å². The van der Waals surface area contributed by atoms with Crippen molar-refractivity contribution in [3.05, 3.63) is 53.1 Å². The summed E-state index contributed by atoms with van der Waals surface area (Å²) in [6, 6.07) is 12.0. The van der Waals surface area contributed by atoms with Crippen LogP contribution in [0.5, 0.6) is 11.5 Å². The van der Waals surface area contributed by atoms with Crippen LogP contribution >= 0.6 is 0 Å². The van der Waals surface area contributed by atoms with Crippen LogP contribution < -0.4 is 20.2 Å². The van der Waals surface area contributed by atoms with E-state index in [9.17, 15) is 4.79 Å². The molecule has 0 fully saturated rings. The molecule has 0 saturated carbocycles. The van der Waals surface area contributed by atoms with E-state index in [1.165, 1.54) is 11.1 Å². The predicted molar refractivity (Wildman–Crippen MR) is 99.3 cm³/mol. The number of carbonyl (C=O) groups is 1. The lowest BCUT2D eigenvalue weighted by Crippen LogP contribution is -2.38. The van der Waals surface area contributed by atoms with Crippen molar-refractivity contribution in [2.24, 2.45) is 5.84 Å². The fourth-order valence-corrected chi connectivity index (χ4v) is 3.56. The van der Waals surface area contributed by atoms with Crippen molar-refractivity contribution < 1.29 is 14.3 Å². The Hall–Kier alpha value is -2.57. The number of amides is 1. The molecule has 2 aromatic carbocycles. The monoisotopic (exact) mass is 353 g/mol. The van der Waals surface area contributed by atoms with E-state index in [4.69, 9.17) is 15.3 Å². The van der Waals surface area contributed by atoms with E-state index in [1.54, 1.807) is 12.0 Å². The minimum atomic E-state index is -0.0330. The number of carbonyl (C=O) groups excluding carboxylic acids is 1. The minimum Gasteiger partial charge on any atom is -0.497 e. The van der Waals surface area contributed by atoms with Crippen LogP contribution in [0.2, 0.25) is 0 Å². The number of ether oxygens (including phenoxy) is 2. The molecule has 6 heteroatoms. The molecule has 2 aromatic rings. The lowest BCUT2D eigenvalue weighted by molar-refractivity contribution is -0.121. The van der Waals surface area contributed by atoms with Crippen LogP contribution in [-0.2, 0) is 24.2 Å². The van der Waals surface area contributed by atoms with Crippen LogP contribution in [0, 0.1) is 0 Å². The number of anilines is 1. The number of hydrogen-bond donors (Lipinski definition) is 1. The Morgan fingerprint density at radius 1 is 1.15 bits per heavy atom. The van der Waals surface area contributed by atoms with Crippen molar-refractivity contribution >= 4 is 11.6 Å². The number of methoxy groups -OCH3 is 1. The van der Waals surface area contributed by atoms with Gasteiger partial charge in [0, 0.05) is 13.1 Å². The van der Waals surface area contributed by atoms with Crippen molar-refractivity contribution in [2.75, 3.05) is 31.7 Å². The predicted octanol–water partition coefficient (Wildman–Crippen LogP) is 1.90. The highest BCUT2D eigenvalue weighted by Gasteiger charge is 2.28. The maximum absolute atomic E-state index is 12.5. The van der Waals surface area contributed by atoms with Crippen molar-refractivity contribution in [3.8, 4) is 11.5 Å². The quantitative estimate of drug-likeness (QED) is 0.854. The summed E-state index contributed by atoms with van der Waals surface area (Å²) in [5.41, 5.74) is 4.36. The molecular formula is C20H23N3O3. The number of benzene rings is 2. The summed E-state index contributed by atoms with van der Waals surface area (Å²) in [4.78, 5) is 14.3. The lowest BCUT2D eigenvalue weighted by atomic mass is 10.00. The summed E-state index contributed by atoms with van der Waals surface area (Å²) in [7, 11) is 1.64. The van der Waals surface area contributed by atoms with Crippen LogP contribution in [0.4, 0.5) is 5.69 Å².